The predicted octanol–water partition coefficient (Wildman–Crippen LogP) is 4.48. The molecule has 2 aromatic rings. The monoisotopic (exact) mass is 263 g/mol. The van der Waals surface area contributed by atoms with E-state index in [1.54, 1.807) is 10.9 Å². The Morgan fingerprint density at radius 2 is 2.00 bits per heavy atom. The lowest BCUT2D eigenvalue weighted by atomic mass is 10.1. The van der Waals surface area contributed by atoms with E-state index in [2.05, 4.69) is 4.98 Å². The first-order valence-corrected chi connectivity index (χ1v) is 5.56. The van der Waals surface area contributed by atoms with Crippen LogP contribution in [-0.2, 0) is 6.18 Å². The molecule has 2 rings (SSSR count). The molecule has 0 spiro atoms. The highest BCUT2D eigenvalue weighted by atomic mass is 35.5. The summed E-state index contributed by atoms with van der Waals surface area (Å²) in [5.74, 6) is 0. The Hall–Kier alpha value is -1.07. The number of benzene rings is 1. The Morgan fingerprint density at radius 3 is 2.56 bits per heavy atom. The van der Waals surface area contributed by atoms with Crippen LogP contribution in [0, 0.1) is 0 Å². The van der Waals surface area contributed by atoms with Gasteiger partial charge in [-0.05, 0) is 12.1 Å². The first kappa shape index (κ1) is 11.4. The Balaban J connectivity index is 2.52. The number of alkyl halides is 3. The summed E-state index contributed by atoms with van der Waals surface area (Å²) in [4.78, 5) is 3.95. The molecule has 0 saturated heterocycles. The minimum absolute atomic E-state index is 0.300. The SMILES string of the molecule is FC(F)(F)c1cc(-c2cscn2)ccc1Cl. The summed E-state index contributed by atoms with van der Waals surface area (Å²) in [6.45, 7) is 0. The molecule has 0 saturated carbocycles. The fraction of sp³-hybridized carbons (Fsp3) is 0.100. The minimum atomic E-state index is -4.44. The fourth-order valence-corrected chi connectivity index (χ4v) is 2.04. The second-order valence-electron chi connectivity index (χ2n) is 3.07. The third-order valence-electron chi connectivity index (χ3n) is 2.00. The van der Waals surface area contributed by atoms with Crippen LogP contribution in [0.4, 0.5) is 13.2 Å². The fourth-order valence-electron chi connectivity index (χ4n) is 1.26. The number of aromatic nitrogens is 1. The number of hydrogen-bond acceptors (Lipinski definition) is 2. The van der Waals surface area contributed by atoms with Crippen molar-refractivity contribution in [3.63, 3.8) is 0 Å². The van der Waals surface area contributed by atoms with Crippen LogP contribution in [0.5, 0.6) is 0 Å². The zero-order valence-electron chi connectivity index (χ0n) is 7.75. The van der Waals surface area contributed by atoms with Gasteiger partial charge in [0.2, 0.25) is 0 Å². The molecule has 0 atom stereocenters. The van der Waals surface area contributed by atoms with E-state index in [9.17, 15) is 13.2 Å². The van der Waals surface area contributed by atoms with Gasteiger partial charge in [-0.2, -0.15) is 13.2 Å². The Bertz CT molecular complexity index is 493. The number of rotatable bonds is 1. The van der Waals surface area contributed by atoms with E-state index in [-0.39, 0.29) is 5.02 Å². The molecular weight excluding hydrogens is 259 g/mol. The summed E-state index contributed by atoms with van der Waals surface area (Å²) in [6, 6.07) is 3.77. The van der Waals surface area contributed by atoms with E-state index in [1.165, 1.54) is 23.5 Å². The molecule has 1 aromatic carbocycles. The van der Waals surface area contributed by atoms with Crippen LogP contribution in [0.1, 0.15) is 5.56 Å². The molecule has 16 heavy (non-hydrogen) atoms. The van der Waals surface area contributed by atoms with Gasteiger partial charge in [-0.1, -0.05) is 17.7 Å². The van der Waals surface area contributed by atoms with Crippen LogP contribution >= 0.6 is 22.9 Å². The first-order valence-electron chi connectivity index (χ1n) is 4.24. The van der Waals surface area contributed by atoms with E-state index in [0.29, 0.717) is 11.3 Å². The number of hydrogen-bond donors (Lipinski definition) is 0. The molecule has 0 N–H and O–H groups in total. The molecule has 0 amide bonds. The van der Waals surface area contributed by atoms with E-state index in [0.717, 1.165) is 6.07 Å². The van der Waals surface area contributed by atoms with Gasteiger partial charge in [0.1, 0.15) is 0 Å². The predicted molar refractivity (Wildman–Crippen MR) is 57.6 cm³/mol. The number of thiazole rings is 1. The average molecular weight is 264 g/mol. The van der Waals surface area contributed by atoms with Crippen molar-refractivity contribution in [1.82, 2.24) is 4.98 Å². The summed E-state index contributed by atoms with van der Waals surface area (Å²) < 4.78 is 37.7. The van der Waals surface area contributed by atoms with Gasteiger partial charge >= 0.3 is 6.18 Å². The van der Waals surface area contributed by atoms with Crippen molar-refractivity contribution in [2.45, 2.75) is 6.18 Å². The third kappa shape index (κ3) is 2.20. The summed E-state index contributed by atoms with van der Waals surface area (Å²) in [6.07, 6.45) is -4.44. The zero-order chi connectivity index (χ0) is 11.8. The Labute approximate surface area is 98.5 Å². The summed E-state index contributed by atoms with van der Waals surface area (Å²) in [7, 11) is 0. The highest BCUT2D eigenvalue weighted by molar-refractivity contribution is 7.07. The van der Waals surface area contributed by atoms with Crippen molar-refractivity contribution in [2.75, 3.05) is 0 Å². The van der Waals surface area contributed by atoms with E-state index in [1.807, 2.05) is 0 Å². The maximum atomic E-state index is 12.6. The quantitative estimate of drug-likeness (QED) is 0.739. The number of nitrogens with zero attached hydrogens (tertiary/aromatic N) is 1. The first-order chi connectivity index (χ1) is 7.48. The molecule has 1 nitrogen and oxygen atoms in total. The van der Waals surface area contributed by atoms with Gasteiger partial charge in [-0.15, -0.1) is 11.3 Å². The zero-order valence-corrected chi connectivity index (χ0v) is 9.33. The van der Waals surface area contributed by atoms with Crippen LogP contribution < -0.4 is 0 Å². The highest BCUT2D eigenvalue weighted by Gasteiger charge is 2.33. The van der Waals surface area contributed by atoms with Crippen molar-refractivity contribution >= 4 is 22.9 Å². The van der Waals surface area contributed by atoms with E-state index in [4.69, 9.17) is 11.6 Å². The van der Waals surface area contributed by atoms with Crippen molar-refractivity contribution in [2.24, 2.45) is 0 Å². The lowest BCUT2D eigenvalue weighted by molar-refractivity contribution is -0.137. The second kappa shape index (κ2) is 4.07. The molecule has 0 unspecified atom stereocenters. The van der Waals surface area contributed by atoms with Gasteiger partial charge in [0.15, 0.2) is 0 Å². The lowest BCUT2D eigenvalue weighted by Crippen LogP contribution is -2.05. The molecule has 0 bridgehead atoms. The van der Waals surface area contributed by atoms with Gasteiger partial charge in [0.05, 0.1) is 21.8 Å². The topological polar surface area (TPSA) is 12.9 Å². The maximum absolute atomic E-state index is 12.6. The van der Waals surface area contributed by atoms with E-state index >= 15 is 0 Å². The largest absolute Gasteiger partial charge is 0.417 e. The van der Waals surface area contributed by atoms with Crippen LogP contribution in [0.25, 0.3) is 11.3 Å². The molecule has 1 heterocycles. The third-order valence-corrected chi connectivity index (χ3v) is 2.92. The Kier molecular flexibility index (Phi) is 2.90. The molecular formula is C10H5ClF3NS. The maximum Gasteiger partial charge on any atom is 0.417 e. The van der Waals surface area contributed by atoms with Crippen molar-refractivity contribution in [3.05, 3.63) is 39.7 Å². The molecule has 6 heteroatoms. The summed E-state index contributed by atoms with van der Waals surface area (Å²) in [5.41, 5.74) is 1.67. The molecule has 84 valence electrons. The smallest absolute Gasteiger partial charge is 0.245 e. The summed E-state index contributed by atoms with van der Waals surface area (Å²) in [5, 5.41) is 1.38. The average Bonchev–Trinajstić information content (AvgIpc) is 2.69. The molecule has 0 aliphatic rings. The van der Waals surface area contributed by atoms with Crippen LogP contribution in [-0.4, -0.2) is 4.98 Å². The molecule has 0 aliphatic carbocycles. The Morgan fingerprint density at radius 1 is 1.25 bits per heavy atom. The summed E-state index contributed by atoms with van der Waals surface area (Å²) >= 11 is 6.83. The van der Waals surface area contributed by atoms with Crippen molar-refractivity contribution in [3.8, 4) is 11.3 Å². The van der Waals surface area contributed by atoms with Gasteiger partial charge in [0.25, 0.3) is 0 Å². The molecule has 0 radical (unpaired) electrons. The van der Waals surface area contributed by atoms with Crippen LogP contribution in [0.2, 0.25) is 5.02 Å². The van der Waals surface area contributed by atoms with Gasteiger partial charge < -0.3 is 0 Å². The number of halogens is 4. The lowest BCUT2D eigenvalue weighted by Gasteiger charge is -2.09. The van der Waals surface area contributed by atoms with Crippen LogP contribution in [0.3, 0.4) is 0 Å². The van der Waals surface area contributed by atoms with Gasteiger partial charge in [0, 0.05) is 10.9 Å². The van der Waals surface area contributed by atoms with Crippen LogP contribution in [0.15, 0.2) is 29.1 Å². The standard InChI is InChI=1S/C10H5ClF3NS/c11-8-2-1-6(9-4-16-5-15-9)3-7(8)10(12,13)14/h1-5H. The van der Waals surface area contributed by atoms with Crippen molar-refractivity contribution < 1.29 is 13.2 Å². The minimum Gasteiger partial charge on any atom is -0.245 e. The van der Waals surface area contributed by atoms with Gasteiger partial charge in [-0.25, -0.2) is 4.98 Å². The molecule has 0 aliphatic heterocycles. The van der Waals surface area contributed by atoms with Crippen molar-refractivity contribution in [1.29, 1.82) is 0 Å². The van der Waals surface area contributed by atoms with E-state index < -0.39 is 11.7 Å². The normalized spacial score (nSPS) is 11.8. The highest BCUT2D eigenvalue weighted by Crippen LogP contribution is 2.36. The molecule has 1 aromatic heterocycles. The molecule has 0 fully saturated rings. The second-order valence-corrected chi connectivity index (χ2v) is 4.19. The van der Waals surface area contributed by atoms with Gasteiger partial charge in [-0.3, -0.25) is 0 Å².